The minimum atomic E-state index is -0.798. The highest BCUT2D eigenvalue weighted by Gasteiger charge is 2.45. The molecule has 318 valence electrons. The van der Waals surface area contributed by atoms with E-state index in [2.05, 4.69) is 15.8 Å². The molecule has 1 saturated heterocycles. The molecule has 0 radical (unpaired) electrons. The first-order valence-electron chi connectivity index (χ1n) is 19.7. The van der Waals surface area contributed by atoms with E-state index in [4.69, 9.17) is 14.2 Å². The molecule has 0 bridgehead atoms. The third-order valence-electron chi connectivity index (χ3n) is 11.3. The Balaban J connectivity index is 2.33. The van der Waals surface area contributed by atoms with Gasteiger partial charge in [0, 0.05) is 40.5 Å². The van der Waals surface area contributed by atoms with Gasteiger partial charge in [-0.25, -0.2) is 4.39 Å². The number of rotatable bonds is 21. The molecule has 2 rings (SSSR count). The van der Waals surface area contributed by atoms with Crippen molar-refractivity contribution in [3.05, 3.63) is 35.1 Å². The Labute approximate surface area is 333 Å². The largest absolute Gasteiger partial charge is 0.411 e. The molecule has 4 amide bonds. The number of nitrogens with one attached hydrogen (secondary N) is 2. The third-order valence-corrected chi connectivity index (χ3v) is 11.3. The number of methoxy groups -OCH3 is 3. The van der Waals surface area contributed by atoms with Crippen LogP contribution in [0.3, 0.4) is 0 Å². The Morgan fingerprint density at radius 1 is 1.00 bits per heavy atom. The number of hydrogen-bond acceptors (Lipinski definition) is 10. The Hall–Kier alpha value is -3.66. The van der Waals surface area contributed by atoms with Crippen LogP contribution in [0.15, 0.2) is 23.4 Å². The third kappa shape index (κ3) is 12.2. The molecule has 9 atom stereocenters. The lowest BCUT2D eigenvalue weighted by molar-refractivity contribution is -0.148. The van der Waals surface area contributed by atoms with Crippen LogP contribution in [0.25, 0.3) is 0 Å². The number of likely N-dealkylation sites (tertiary alicyclic amines) is 1. The highest BCUT2D eigenvalue weighted by molar-refractivity contribution is 6.04. The van der Waals surface area contributed by atoms with E-state index in [9.17, 15) is 28.8 Å². The van der Waals surface area contributed by atoms with Gasteiger partial charge in [0.1, 0.15) is 17.6 Å². The summed E-state index contributed by atoms with van der Waals surface area (Å²) in [6.45, 7) is 15.3. The van der Waals surface area contributed by atoms with Crippen molar-refractivity contribution in [1.29, 1.82) is 0 Å². The molecular weight excluding hydrogens is 723 g/mol. The average molecular weight is 793 g/mol. The van der Waals surface area contributed by atoms with Gasteiger partial charge in [-0.2, -0.15) is 0 Å². The van der Waals surface area contributed by atoms with E-state index in [1.807, 2.05) is 60.5 Å². The molecule has 0 aromatic heterocycles. The molecule has 0 aliphatic carbocycles. The molecule has 56 heavy (non-hydrogen) atoms. The summed E-state index contributed by atoms with van der Waals surface area (Å²) < 4.78 is 31.3. The Morgan fingerprint density at radius 2 is 1.64 bits per heavy atom. The summed E-state index contributed by atoms with van der Waals surface area (Å²) in [6, 6.07) is 1.79. The van der Waals surface area contributed by atoms with Crippen molar-refractivity contribution in [3.8, 4) is 0 Å². The zero-order valence-corrected chi connectivity index (χ0v) is 36.1. The smallest absolute Gasteiger partial charge is 0.245 e. The first kappa shape index (κ1) is 48.5. The number of carbonyl (C=O) groups excluding carboxylic acids is 4. The van der Waals surface area contributed by atoms with E-state index in [-0.39, 0.29) is 66.8 Å². The fraction of sp³-hybridized carbons (Fsp3) is 0.732. The maximum atomic E-state index is 14.4. The first-order chi connectivity index (χ1) is 26.3. The van der Waals surface area contributed by atoms with Crippen LogP contribution in [-0.2, 0) is 33.4 Å². The van der Waals surface area contributed by atoms with Crippen LogP contribution in [0.4, 0.5) is 4.39 Å². The Kier molecular flexibility index (Phi) is 19.3. The Bertz CT molecular complexity index is 1480. The van der Waals surface area contributed by atoms with E-state index in [0.717, 1.165) is 0 Å². The number of likely N-dealkylation sites (N-methyl/N-ethyl adjacent to an activating group) is 2. The maximum absolute atomic E-state index is 14.4. The molecule has 1 aromatic rings. The second kappa shape index (κ2) is 22.3. The van der Waals surface area contributed by atoms with Crippen molar-refractivity contribution in [2.45, 2.75) is 117 Å². The number of oxime groups is 1. The van der Waals surface area contributed by atoms with Crippen molar-refractivity contribution in [1.82, 2.24) is 25.3 Å². The van der Waals surface area contributed by atoms with Crippen molar-refractivity contribution < 1.29 is 43.0 Å². The molecule has 0 saturated carbocycles. The average Bonchev–Trinajstić information content (AvgIpc) is 3.57. The number of aryl methyl sites for hydroxylation is 1. The van der Waals surface area contributed by atoms with Gasteiger partial charge in [0.25, 0.3) is 0 Å². The van der Waals surface area contributed by atoms with E-state index >= 15 is 0 Å². The monoisotopic (exact) mass is 793 g/mol. The normalized spacial score (nSPS) is 20.0. The number of halogens is 1. The number of carbonyl (C=O) groups is 4. The molecule has 3 N–H and O–H groups in total. The topological polar surface area (TPSA) is 162 Å². The number of nitrogens with zero attached hydrogens (tertiary/aromatic N) is 4. The molecule has 15 heteroatoms. The van der Waals surface area contributed by atoms with Gasteiger partial charge in [0.05, 0.1) is 55.3 Å². The van der Waals surface area contributed by atoms with E-state index in [1.54, 1.807) is 37.8 Å². The minimum Gasteiger partial charge on any atom is -0.411 e. The van der Waals surface area contributed by atoms with Crippen molar-refractivity contribution in [3.63, 3.8) is 0 Å². The SMILES string of the molecule is CC[C@H](C)[C@@H]([C@@H](CC(=O)N1C[C@H](OC)C[C@@H]1[C@H](OC)[C@@H](C)C(=O)NCC(=NO)c1ccc(F)cc1C)OC)N(C)C(=O)[C@@H](NC(=O)[C@H](C(C)C)N(C)C)C(C)C. The van der Waals surface area contributed by atoms with Gasteiger partial charge in [-0.3, -0.25) is 24.1 Å². The van der Waals surface area contributed by atoms with Crippen LogP contribution in [0.5, 0.6) is 0 Å². The molecule has 1 fully saturated rings. The minimum absolute atomic E-state index is 0.0234. The molecule has 1 heterocycles. The van der Waals surface area contributed by atoms with Gasteiger partial charge < -0.3 is 39.9 Å². The standard InChI is InChI=1S/C41H69FN6O8/c1-15-25(6)37(47(11)41(52)35(23(2)3)44-40(51)36(24(4)5)46(9)10)33(55-13)20-34(49)48-22-29(54-12)19-32(48)38(56-14)27(8)39(50)43-21-31(45-53)30-17-16-28(42)18-26(30)7/h16-18,23-25,27,29,32-33,35-38,53H,15,19-22H2,1-14H3,(H,43,50)(H,44,51)/t25-,27+,29+,32+,33+,35-,36-,37-,38+/m0/s1. The molecule has 1 aromatic carbocycles. The number of amides is 4. The van der Waals surface area contributed by atoms with Gasteiger partial charge in [0.2, 0.25) is 23.6 Å². The fourth-order valence-electron chi connectivity index (χ4n) is 8.03. The number of ether oxygens (including phenoxy) is 3. The number of hydrogen-bond donors (Lipinski definition) is 3. The predicted molar refractivity (Wildman–Crippen MR) is 214 cm³/mol. The van der Waals surface area contributed by atoms with E-state index in [0.29, 0.717) is 24.0 Å². The van der Waals surface area contributed by atoms with Crippen LogP contribution in [0.2, 0.25) is 0 Å². The van der Waals surface area contributed by atoms with Crippen LogP contribution in [0.1, 0.15) is 78.9 Å². The summed E-state index contributed by atoms with van der Waals surface area (Å²) in [5.41, 5.74) is 1.20. The van der Waals surface area contributed by atoms with Crippen LogP contribution >= 0.6 is 0 Å². The second-order valence-corrected chi connectivity index (χ2v) is 16.1. The predicted octanol–water partition coefficient (Wildman–Crippen LogP) is 3.70. The maximum Gasteiger partial charge on any atom is 0.245 e. The molecule has 0 spiro atoms. The molecule has 14 nitrogen and oxygen atoms in total. The van der Waals surface area contributed by atoms with Gasteiger partial charge in [0.15, 0.2) is 0 Å². The summed E-state index contributed by atoms with van der Waals surface area (Å²) in [4.78, 5) is 60.8. The van der Waals surface area contributed by atoms with Crippen LogP contribution in [-0.4, -0.2) is 147 Å². The second-order valence-electron chi connectivity index (χ2n) is 16.1. The van der Waals surface area contributed by atoms with Crippen LogP contribution in [0, 0.1) is 36.4 Å². The summed E-state index contributed by atoms with van der Waals surface area (Å²) in [6.07, 6.45) is -0.685. The van der Waals surface area contributed by atoms with Gasteiger partial charge in [-0.05, 0) is 69.0 Å². The summed E-state index contributed by atoms with van der Waals surface area (Å²) >= 11 is 0. The van der Waals surface area contributed by atoms with Crippen molar-refractivity contribution in [2.24, 2.45) is 28.8 Å². The van der Waals surface area contributed by atoms with Crippen LogP contribution < -0.4 is 10.6 Å². The lowest BCUT2D eigenvalue weighted by Gasteiger charge is -2.41. The summed E-state index contributed by atoms with van der Waals surface area (Å²) in [7, 11) is 9.97. The lowest BCUT2D eigenvalue weighted by atomic mass is 9.89. The van der Waals surface area contributed by atoms with E-state index < -0.39 is 54.0 Å². The fourth-order valence-corrected chi connectivity index (χ4v) is 8.03. The molecule has 1 aliphatic heterocycles. The van der Waals surface area contributed by atoms with Crippen molar-refractivity contribution in [2.75, 3.05) is 55.6 Å². The zero-order valence-electron chi connectivity index (χ0n) is 36.1. The summed E-state index contributed by atoms with van der Waals surface area (Å²) in [5.74, 6) is -2.56. The van der Waals surface area contributed by atoms with Crippen molar-refractivity contribution >= 4 is 29.3 Å². The molecule has 1 aliphatic rings. The summed E-state index contributed by atoms with van der Waals surface area (Å²) in [5, 5.41) is 18.9. The quantitative estimate of drug-likeness (QED) is 0.0958. The van der Waals surface area contributed by atoms with Gasteiger partial charge in [-0.1, -0.05) is 60.0 Å². The highest BCUT2D eigenvalue weighted by Crippen LogP contribution is 2.31. The highest BCUT2D eigenvalue weighted by atomic mass is 19.1. The van der Waals surface area contributed by atoms with Gasteiger partial charge >= 0.3 is 0 Å². The zero-order chi connectivity index (χ0) is 42.6. The van der Waals surface area contributed by atoms with E-state index in [1.165, 1.54) is 32.4 Å². The number of benzene rings is 1. The molecule has 0 unspecified atom stereocenters. The lowest BCUT2D eigenvalue weighted by Crippen LogP contribution is -2.59. The first-order valence-corrected chi connectivity index (χ1v) is 19.7. The molecular formula is C41H69FN6O8. The Morgan fingerprint density at radius 3 is 2.12 bits per heavy atom. The van der Waals surface area contributed by atoms with Gasteiger partial charge in [-0.15, -0.1) is 0 Å².